The minimum absolute atomic E-state index is 0.362. The second-order valence-electron chi connectivity index (χ2n) is 3.59. The van der Waals surface area contributed by atoms with Crippen molar-refractivity contribution in [1.82, 2.24) is 5.32 Å². The molecule has 2 nitrogen and oxygen atoms in total. The van der Waals surface area contributed by atoms with Crippen LogP contribution in [0.2, 0.25) is 0 Å². The zero-order chi connectivity index (χ0) is 8.39. The van der Waals surface area contributed by atoms with Gasteiger partial charge in [-0.25, -0.2) is 0 Å². The molecule has 1 aromatic rings. The second kappa shape index (κ2) is 3.31. The summed E-state index contributed by atoms with van der Waals surface area (Å²) in [7, 11) is 0. The average Bonchev–Trinajstić information content (AvgIpc) is 2.74. The van der Waals surface area contributed by atoms with Gasteiger partial charge in [-0.05, 0) is 44.4 Å². The van der Waals surface area contributed by atoms with Crippen molar-refractivity contribution in [1.29, 1.82) is 0 Å². The van der Waals surface area contributed by atoms with Gasteiger partial charge < -0.3 is 9.73 Å². The van der Waals surface area contributed by atoms with E-state index in [0.29, 0.717) is 6.04 Å². The molecular formula is C10H15NO. The van der Waals surface area contributed by atoms with E-state index in [-0.39, 0.29) is 0 Å². The van der Waals surface area contributed by atoms with E-state index in [1.807, 2.05) is 12.1 Å². The summed E-state index contributed by atoms with van der Waals surface area (Å²) >= 11 is 0. The molecule has 66 valence electrons. The highest BCUT2D eigenvalue weighted by atomic mass is 16.3. The lowest BCUT2D eigenvalue weighted by Gasteiger charge is -2.09. The molecule has 0 radical (unpaired) electrons. The minimum atomic E-state index is 0.362. The molecule has 1 aliphatic carbocycles. The molecule has 1 aromatic heterocycles. The predicted octanol–water partition coefficient (Wildman–Crippen LogP) is 2.34. The number of rotatable bonds is 4. The SMILES string of the molecule is CC(NCC1CC1)c1ccco1. The van der Waals surface area contributed by atoms with Crippen molar-refractivity contribution >= 4 is 0 Å². The Morgan fingerprint density at radius 3 is 3.08 bits per heavy atom. The summed E-state index contributed by atoms with van der Waals surface area (Å²) in [5.74, 6) is 1.97. The van der Waals surface area contributed by atoms with Gasteiger partial charge in [-0.3, -0.25) is 0 Å². The Balaban J connectivity index is 1.79. The number of hydrogen-bond donors (Lipinski definition) is 1. The maximum Gasteiger partial charge on any atom is 0.120 e. The van der Waals surface area contributed by atoms with E-state index in [9.17, 15) is 0 Å². The van der Waals surface area contributed by atoms with Crippen molar-refractivity contribution < 1.29 is 4.42 Å². The molecule has 1 N–H and O–H groups in total. The zero-order valence-electron chi connectivity index (χ0n) is 7.42. The number of furan rings is 1. The van der Waals surface area contributed by atoms with E-state index < -0.39 is 0 Å². The van der Waals surface area contributed by atoms with E-state index in [1.165, 1.54) is 12.8 Å². The largest absolute Gasteiger partial charge is 0.468 e. The van der Waals surface area contributed by atoms with Gasteiger partial charge >= 0.3 is 0 Å². The van der Waals surface area contributed by atoms with Crippen molar-refractivity contribution in [2.75, 3.05) is 6.54 Å². The van der Waals surface area contributed by atoms with Crippen molar-refractivity contribution in [3.63, 3.8) is 0 Å². The highest BCUT2D eigenvalue weighted by Crippen LogP contribution is 2.28. The summed E-state index contributed by atoms with van der Waals surface area (Å²) in [6.45, 7) is 3.28. The highest BCUT2D eigenvalue weighted by molar-refractivity contribution is 5.03. The van der Waals surface area contributed by atoms with Crippen molar-refractivity contribution in [2.24, 2.45) is 5.92 Å². The summed E-state index contributed by atoms with van der Waals surface area (Å²) in [6.07, 6.45) is 4.53. The molecule has 1 atom stereocenters. The molecule has 1 heterocycles. The molecule has 2 heteroatoms. The summed E-state index contributed by atoms with van der Waals surface area (Å²) in [4.78, 5) is 0. The van der Waals surface area contributed by atoms with Crippen LogP contribution in [0.5, 0.6) is 0 Å². The molecule has 0 amide bonds. The maximum absolute atomic E-state index is 5.29. The molecular weight excluding hydrogens is 150 g/mol. The van der Waals surface area contributed by atoms with E-state index in [4.69, 9.17) is 4.42 Å². The number of nitrogens with one attached hydrogen (secondary N) is 1. The first-order valence-electron chi connectivity index (χ1n) is 4.63. The number of hydrogen-bond acceptors (Lipinski definition) is 2. The Morgan fingerprint density at radius 2 is 2.50 bits per heavy atom. The van der Waals surface area contributed by atoms with Crippen LogP contribution in [0.1, 0.15) is 31.6 Å². The lowest BCUT2D eigenvalue weighted by Crippen LogP contribution is -2.20. The molecule has 2 rings (SSSR count). The molecule has 0 aromatic carbocycles. The summed E-state index contributed by atoms with van der Waals surface area (Å²) in [6, 6.07) is 4.32. The van der Waals surface area contributed by atoms with E-state index in [2.05, 4.69) is 12.2 Å². The topological polar surface area (TPSA) is 25.2 Å². The van der Waals surface area contributed by atoms with Gasteiger partial charge in [0.05, 0.1) is 12.3 Å². The van der Waals surface area contributed by atoms with Gasteiger partial charge in [0, 0.05) is 0 Å². The fraction of sp³-hybridized carbons (Fsp3) is 0.600. The molecule has 1 fully saturated rings. The Kier molecular flexibility index (Phi) is 2.17. The molecule has 0 saturated heterocycles. The third-order valence-corrected chi connectivity index (χ3v) is 2.38. The first-order valence-corrected chi connectivity index (χ1v) is 4.63. The van der Waals surface area contributed by atoms with Gasteiger partial charge in [0.2, 0.25) is 0 Å². The Labute approximate surface area is 73.0 Å². The fourth-order valence-electron chi connectivity index (χ4n) is 1.30. The average molecular weight is 165 g/mol. The van der Waals surface area contributed by atoms with E-state index in [1.54, 1.807) is 6.26 Å². The maximum atomic E-state index is 5.29. The lowest BCUT2D eigenvalue weighted by atomic mass is 10.2. The molecule has 12 heavy (non-hydrogen) atoms. The van der Waals surface area contributed by atoms with Gasteiger partial charge in [-0.2, -0.15) is 0 Å². The molecule has 0 aliphatic heterocycles. The summed E-state index contributed by atoms with van der Waals surface area (Å²) in [5, 5.41) is 3.45. The van der Waals surface area contributed by atoms with Crippen LogP contribution >= 0.6 is 0 Å². The monoisotopic (exact) mass is 165 g/mol. The Bertz CT molecular complexity index is 226. The predicted molar refractivity (Wildman–Crippen MR) is 47.8 cm³/mol. The Morgan fingerprint density at radius 1 is 1.67 bits per heavy atom. The molecule has 1 saturated carbocycles. The second-order valence-corrected chi connectivity index (χ2v) is 3.59. The summed E-state index contributed by atoms with van der Waals surface area (Å²) in [5.41, 5.74) is 0. The molecule has 1 unspecified atom stereocenters. The highest BCUT2D eigenvalue weighted by Gasteiger charge is 2.21. The van der Waals surface area contributed by atoms with Crippen LogP contribution in [0.3, 0.4) is 0 Å². The van der Waals surface area contributed by atoms with Crippen LogP contribution in [0, 0.1) is 5.92 Å². The van der Waals surface area contributed by atoms with Gasteiger partial charge in [-0.15, -0.1) is 0 Å². The smallest absolute Gasteiger partial charge is 0.120 e. The Hall–Kier alpha value is -0.760. The third-order valence-electron chi connectivity index (χ3n) is 2.38. The van der Waals surface area contributed by atoms with Crippen LogP contribution in [-0.4, -0.2) is 6.54 Å². The van der Waals surface area contributed by atoms with Crippen LogP contribution in [0.15, 0.2) is 22.8 Å². The molecule has 0 bridgehead atoms. The van der Waals surface area contributed by atoms with Gasteiger partial charge in [0.15, 0.2) is 0 Å². The standard InChI is InChI=1S/C10H15NO/c1-8(10-3-2-6-12-10)11-7-9-4-5-9/h2-3,6,8-9,11H,4-5,7H2,1H3. The first kappa shape index (κ1) is 7.87. The lowest BCUT2D eigenvalue weighted by molar-refractivity contribution is 0.426. The third kappa shape index (κ3) is 1.89. The fourth-order valence-corrected chi connectivity index (χ4v) is 1.30. The zero-order valence-corrected chi connectivity index (χ0v) is 7.42. The van der Waals surface area contributed by atoms with Crippen LogP contribution < -0.4 is 5.32 Å². The minimum Gasteiger partial charge on any atom is -0.468 e. The quantitative estimate of drug-likeness (QED) is 0.740. The van der Waals surface area contributed by atoms with Gasteiger partial charge in [0.1, 0.15) is 5.76 Å². The van der Waals surface area contributed by atoms with Gasteiger partial charge in [-0.1, -0.05) is 0 Å². The normalized spacial score (nSPS) is 19.4. The summed E-state index contributed by atoms with van der Waals surface area (Å²) < 4.78 is 5.29. The van der Waals surface area contributed by atoms with Crippen molar-refractivity contribution in [3.8, 4) is 0 Å². The molecule has 0 spiro atoms. The van der Waals surface area contributed by atoms with Crippen molar-refractivity contribution in [3.05, 3.63) is 24.2 Å². The molecule has 1 aliphatic rings. The van der Waals surface area contributed by atoms with Crippen LogP contribution in [-0.2, 0) is 0 Å². The van der Waals surface area contributed by atoms with Crippen LogP contribution in [0.25, 0.3) is 0 Å². The van der Waals surface area contributed by atoms with Gasteiger partial charge in [0.25, 0.3) is 0 Å². The van der Waals surface area contributed by atoms with E-state index in [0.717, 1.165) is 18.2 Å². The van der Waals surface area contributed by atoms with Crippen LogP contribution in [0.4, 0.5) is 0 Å². The van der Waals surface area contributed by atoms with Crippen molar-refractivity contribution in [2.45, 2.75) is 25.8 Å². The van der Waals surface area contributed by atoms with E-state index >= 15 is 0 Å². The first-order chi connectivity index (χ1) is 5.86.